The van der Waals surface area contributed by atoms with Gasteiger partial charge in [-0.2, -0.15) is 8.78 Å². The van der Waals surface area contributed by atoms with Crippen molar-refractivity contribution >= 4 is 14.1 Å². The maximum absolute atomic E-state index is 14.5. The van der Waals surface area contributed by atoms with Crippen LogP contribution in [0.2, 0.25) is 18.1 Å². The molecule has 0 saturated carbocycles. The largest absolute Gasteiger partial charge is 0.493 e. The fraction of sp³-hybridized carbons (Fsp3) is 0.448. The van der Waals surface area contributed by atoms with E-state index in [1.165, 1.54) is 6.20 Å². The summed E-state index contributed by atoms with van der Waals surface area (Å²) in [5.74, 6) is -4.08. The average Bonchev–Trinajstić information content (AvgIpc) is 3.35. The number of nitrogens with zero attached hydrogens (tertiary/aromatic N) is 1. The summed E-state index contributed by atoms with van der Waals surface area (Å²) in [7, 11) is -2.05. The van der Waals surface area contributed by atoms with Crippen molar-refractivity contribution in [3.63, 3.8) is 0 Å². The Morgan fingerprint density at radius 3 is 2.32 bits per heavy atom. The molecule has 0 fully saturated rings. The Kier molecular flexibility index (Phi) is 9.84. The normalized spacial score (nSPS) is 12.4. The number of carbonyl (C=O) groups excluding carboxylic acids is 1. The number of halogens is 2. The molecule has 3 rings (SSSR count). The lowest BCUT2D eigenvalue weighted by Crippen LogP contribution is -2.40. The third-order valence-corrected chi connectivity index (χ3v) is 11.1. The van der Waals surface area contributed by atoms with E-state index < -0.39 is 32.3 Å². The maximum atomic E-state index is 14.5. The van der Waals surface area contributed by atoms with Crippen LogP contribution in [0, 0.1) is 0 Å². The number of unbranched alkanes of at least 4 members (excludes halogenated alkanes) is 1. The number of alkyl halides is 2. The molecule has 0 unspecified atom stereocenters. The van der Waals surface area contributed by atoms with E-state index in [2.05, 4.69) is 38.8 Å². The lowest BCUT2D eigenvalue weighted by atomic mass is 10.1. The van der Waals surface area contributed by atoms with Crippen LogP contribution in [-0.4, -0.2) is 31.6 Å². The molecule has 0 aliphatic heterocycles. The van der Waals surface area contributed by atoms with Crippen molar-refractivity contribution in [2.45, 2.75) is 77.3 Å². The number of ketones is 1. The van der Waals surface area contributed by atoms with Crippen molar-refractivity contribution in [3.8, 4) is 11.5 Å². The van der Waals surface area contributed by atoms with Crippen LogP contribution >= 0.6 is 0 Å². The van der Waals surface area contributed by atoms with Gasteiger partial charge in [0.25, 0.3) is 11.7 Å². The van der Waals surface area contributed by atoms with Crippen LogP contribution in [0.1, 0.15) is 62.0 Å². The molecule has 9 heteroatoms. The number of Topliss-reactive ketones (excluding diaryl/α,β-unsaturated/α-hetero) is 1. The minimum absolute atomic E-state index is 0.0125. The Bertz CT molecular complexity index is 1170. The van der Waals surface area contributed by atoms with Crippen LogP contribution in [0.5, 0.6) is 11.5 Å². The van der Waals surface area contributed by atoms with E-state index in [4.69, 9.17) is 18.3 Å². The Morgan fingerprint density at radius 2 is 1.63 bits per heavy atom. The molecule has 38 heavy (non-hydrogen) atoms. The summed E-state index contributed by atoms with van der Waals surface area (Å²) in [5, 5.41) is -0.0125. The molecule has 1 heterocycles. The summed E-state index contributed by atoms with van der Waals surface area (Å²) < 4.78 is 51.9. The first-order chi connectivity index (χ1) is 17.9. The molecule has 0 bridgehead atoms. The van der Waals surface area contributed by atoms with Crippen LogP contribution in [0.3, 0.4) is 0 Å². The first-order valence-electron chi connectivity index (χ1n) is 12.8. The third kappa shape index (κ3) is 8.49. The van der Waals surface area contributed by atoms with Gasteiger partial charge in [0.1, 0.15) is 23.9 Å². The zero-order valence-corrected chi connectivity index (χ0v) is 23.8. The number of ether oxygens (including phenoxy) is 2. The number of hydrogen-bond donors (Lipinski definition) is 0. The van der Waals surface area contributed by atoms with Crippen LogP contribution < -0.4 is 9.47 Å². The molecule has 0 radical (unpaired) electrons. The predicted octanol–water partition coefficient (Wildman–Crippen LogP) is 7.84. The van der Waals surface area contributed by atoms with E-state index in [1.54, 1.807) is 12.1 Å². The highest BCUT2D eigenvalue weighted by atomic mass is 28.4. The van der Waals surface area contributed by atoms with Crippen molar-refractivity contribution in [1.82, 2.24) is 4.98 Å². The first kappa shape index (κ1) is 29.5. The summed E-state index contributed by atoms with van der Waals surface area (Å²) in [5.41, 5.74) is 1.05. The summed E-state index contributed by atoms with van der Waals surface area (Å²) >= 11 is 0. The highest BCUT2D eigenvalue weighted by Gasteiger charge is 2.42. The van der Waals surface area contributed by atoms with E-state index >= 15 is 0 Å². The second kappa shape index (κ2) is 12.7. The van der Waals surface area contributed by atoms with Gasteiger partial charge in [0.2, 0.25) is 0 Å². The summed E-state index contributed by atoms with van der Waals surface area (Å²) in [6.45, 7) is 11.2. The van der Waals surface area contributed by atoms with Gasteiger partial charge in [0.05, 0.1) is 19.4 Å². The smallest absolute Gasteiger partial charge is 0.314 e. The Hall–Kier alpha value is -3.04. The molecule has 0 aliphatic rings. The van der Waals surface area contributed by atoms with Crippen molar-refractivity contribution in [2.24, 2.45) is 0 Å². The van der Waals surface area contributed by atoms with Gasteiger partial charge in [-0.25, -0.2) is 4.98 Å². The molecule has 0 amide bonds. The Labute approximate surface area is 224 Å². The SMILES string of the molecule is CC(C)(C)[Si](C)(C)OCc1cnc(C(=O)C(F)(F)CCCCOc2cccc(OCc3ccccc3)c2)o1. The fourth-order valence-electron chi connectivity index (χ4n) is 3.25. The molecular weight excluding hydrogens is 508 g/mol. The van der Waals surface area contributed by atoms with Gasteiger partial charge < -0.3 is 18.3 Å². The third-order valence-electron chi connectivity index (χ3n) is 6.67. The quantitative estimate of drug-likeness (QED) is 0.117. The van der Waals surface area contributed by atoms with Crippen LogP contribution in [0.15, 0.2) is 65.2 Å². The number of carbonyl (C=O) groups is 1. The molecule has 0 N–H and O–H groups in total. The minimum Gasteiger partial charge on any atom is -0.493 e. The van der Waals surface area contributed by atoms with Crippen molar-refractivity contribution < 1.29 is 31.9 Å². The molecule has 2 aromatic carbocycles. The summed E-state index contributed by atoms with van der Waals surface area (Å²) in [4.78, 5) is 16.1. The van der Waals surface area contributed by atoms with E-state index in [9.17, 15) is 13.6 Å². The highest BCUT2D eigenvalue weighted by molar-refractivity contribution is 6.74. The number of aromatic nitrogens is 1. The lowest BCUT2D eigenvalue weighted by molar-refractivity contribution is -0.000218. The monoisotopic (exact) mass is 545 g/mol. The molecule has 0 saturated heterocycles. The lowest BCUT2D eigenvalue weighted by Gasteiger charge is -2.35. The van der Waals surface area contributed by atoms with Gasteiger partial charge in [-0.15, -0.1) is 0 Å². The molecule has 3 aromatic rings. The molecule has 0 spiro atoms. The summed E-state index contributed by atoms with van der Waals surface area (Å²) in [6, 6.07) is 17.0. The molecule has 1 aromatic heterocycles. The van der Waals surface area contributed by atoms with E-state index in [1.807, 2.05) is 42.5 Å². The van der Waals surface area contributed by atoms with E-state index in [-0.39, 0.29) is 30.4 Å². The zero-order valence-electron chi connectivity index (χ0n) is 22.8. The number of hydrogen-bond acceptors (Lipinski definition) is 6. The Morgan fingerprint density at radius 1 is 0.947 bits per heavy atom. The van der Waals surface area contributed by atoms with Crippen molar-refractivity contribution in [3.05, 3.63) is 78.0 Å². The predicted molar refractivity (Wildman–Crippen MR) is 144 cm³/mol. The molecule has 0 atom stereocenters. The summed E-state index contributed by atoms with van der Waals surface area (Å²) in [6.07, 6.45) is 1.12. The van der Waals surface area contributed by atoms with Gasteiger partial charge in [-0.05, 0) is 48.7 Å². The van der Waals surface area contributed by atoms with Crippen LogP contribution in [0.25, 0.3) is 0 Å². The number of benzene rings is 2. The molecule has 206 valence electrons. The van der Waals surface area contributed by atoms with Crippen molar-refractivity contribution in [2.75, 3.05) is 6.61 Å². The molecule has 0 aliphatic carbocycles. The molecular formula is C29H37F2NO5Si. The number of rotatable bonds is 14. The first-order valence-corrected chi connectivity index (χ1v) is 15.7. The van der Waals surface area contributed by atoms with Gasteiger partial charge >= 0.3 is 5.92 Å². The van der Waals surface area contributed by atoms with Gasteiger partial charge in [-0.3, -0.25) is 4.79 Å². The zero-order chi connectivity index (χ0) is 27.8. The van der Waals surface area contributed by atoms with Gasteiger partial charge in [0.15, 0.2) is 8.32 Å². The minimum atomic E-state index is -3.58. The van der Waals surface area contributed by atoms with Crippen LogP contribution in [0.4, 0.5) is 8.78 Å². The van der Waals surface area contributed by atoms with Gasteiger partial charge in [-0.1, -0.05) is 57.2 Å². The Balaban J connectivity index is 1.41. The molecule has 6 nitrogen and oxygen atoms in total. The number of oxazole rings is 1. The maximum Gasteiger partial charge on any atom is 0.314 e. The van der Waals surface area contributed by atoms with E-state index in [0.717, 1.165) is 5.56 Å². The standard InChI is InChI=1S/C29H37F2NO5Si/c1-28(2,3)38(4,5)36-21-25-19-32-27(37-25)26(33)29(30,31)16-9-10-17-34-23-14-11-15-24(18-23)35-20-22-12-7-6-8-13-22/h6-8,11-15,18-19H,9-10,16-17,20-21H2,1-5H3. The van der Waals surface area contributed by atoms with E-state index in [0.29, 0.717) is 24.5 Å². The topological polar surface area (TPSA) is 70.8 Å². The second-order valence-corrected chi connectivity index (χ2v) is 15.6. The average molecular weight is 546 g/mol. The van der Waals surface area contributed by atoms with Crippen molar-refractivity contribution in [1.29, 1.82) is 0 Å². The van der Waals surface area contributed by atoms with Crippen LogP contribution in [-0.2, 0) is 17.6 Å². The van der Waals surface area contributed by atoms with Gasteiger partial charge in [0, 0.05) is 12.5 Å². The fourth-order valence-corrected chi connectivity index (χ4v) is 4.19. The second-order valence-electron chi connectivity index (χ2n) is 10.8. The highest BCUT2D eigenvalue weighted by Crippen LogP contribution is 2.37.